The maximum absolute atomic E-state index is 11.9. The summed E-state index contributed by atoms with van der Waals surface area (Å²) in [5.41, 5.74) is 6.10. The minimum Gasteiger partial charge on any atom is -0.364 e. The molecule has 2 aromatic heterocycles. The van der Waals surface area contributed by atoms with E-state index in [1.54, 1.807) is 21.7 Å². The third-order valence-corrected chi connectivity index (χ3v) is 3.50. The smallest absolute Gasteiger partial charge is 0.269 e. The van der Waals surface area contributed by atoms with Crippen molar-refractivity contribution in [3.8, 4) is 0 Å². The summed E-state index contributed by atoms with van der Waals surface area (Å²) < 4.78 is 1.80. The number of hydrogen-bond acceptors (Lipinski definition) is 4. The second-order valence-electron chi connectivity index (χ2n) is 4.73. The fourth-order valence-corrected chi connectivity index (χ4v) is 2.59. The van der Waals surface area contributed by atoms with Crippen molar-refractivity contribution in [2.24, 2.45) is 5.73 Å². The van der Waals surface area contributed by atoms with Crippen molar-refractivity contribution in [2.75, 3.05) is 11.4 Å². The molecule has 2 amide bonds. The van der Waals surface area contributed by atoms with Crippen LogP contribution in [0, 0.1) is 0 Å². The van der Waals surface area contributed by atoms with Gasteiger partial charge in [-0.1, -0.05) is 6.92 Å². The maximum Gasteiger partial charge on any atom is 0.269 e. The minimum absolute atomic E-state index is 0.0654. The highest BCUT2D eigenvalue weighted by Crippen LogP contribution is 2.25. The van der Waals surface area contributed by atoms with Crippen LogP contribution in [0.25, 0.3) is 5.52 Å². The number of fused-ring (bicyclic) bond motifs is 1. The van der Waals surface area contributed by atoms with E-state index in [0.717, 1.165) is 6.42 Å². The van der Waals surface area contributed by atoms with Crippen LogP contribution in [-0.2, 0) is 11.2 Å². The lowest BCUT2D eigenvalue weighted by molar-refractivity contribution is -0.117. The number of nitrogens with two attached hydrogens (primary N) is 1. The van der Waals surface area contributed by atoms with Crippen molar-refractivity contribution >= 4 is 23.1 Å². The summed E-state index contributed by atoms with van der Waals surface area (Å²) in [5, 5.41) is 0. The number of carbonyl (C=O) groups is 2. The van der Waals surface area contributed by atoms with E-state index in [0.29, 0.717) is 36.5 Å². The molecule has 1 fully saturated rings. The van der Waals surface area contributed by atoms with E-state index in [9.17, 15) is 9.59 Å². The zero-order valence-corrected chi connectivity index (χ0v) is 11.2. The molecule has 0 aliphatic carbocycles. The Kier molecular flexibility index (Phi) is 2.89. The number of rotatable bonds is 3. The van der Waals surface area contributed by atoms with Gasteiger partial charge in [-0.2, -0.15) is 0 Å². The quantitative estimate of drug-likeness (QED) is 0.882. The molecule has 0 radical (unpaired) electrons. The van der Waals surface area contributed by atoms with E-state index in [4.69, 9.17) is 5.73 Å². The summed E-state index contributed by atoms with van der Waals surface area (Å²) in [5.74, 6) is 0.831. The summed E-state index contributed by atoms with van der Waals surface area (Å²) in [7, 11) is 0. The minimum atomic E-state index is -0.589. The molecule has 0 atom stereocenters. The van der Waals surface area contributed by atoms with Crippen molar-refractivity contribution in [3.63, 3.8) is 0 Å². The van der Waals surface area contributed by atoms with Crippen LogP contribution in [0.1, 0.15) is 36.1 Å². The Morgan fingerprint density at radius 3 is 2.85 bits per heavy atom. The third-order valence-electron chi connectivity index (χ3n) is 3.50. The van der Waals surface area contributed by atoms with E-state index in [1.807, 2.05) is 6.92 Å². The number of anilines is 1. The third kappa shape index (κ3) is 1.74. The Morgan fingerprint density at radius 1 is 1.45 bits per heavy atom. The molecule has 2 aromatic rings. The number of carbonyl (C=O) groups excluding carboxylic acids is 2. The average molecular weight is 273 g/mol. The molecule has 7 nitrogen and oxygen atoms in total. The molecule has 0 unspecified atom stereocenters. The molecule has 20 heavy (non-hydrogen) atoms. The Morgan fingerprint density at radius 2 is 2.25 bits per heavy atom. The Labute approximate surface area is 115 Å². The summed E-state index contributed by atoms with van der Waals surface area (Å²) in [6, 6.07) is 0. The number of aromatic nitrogens is 3. The maximum atomic E-state index is 11.9. The topological polar surface area (TPSA) is 93.6 Å². The number of aryl methyl sites for hydroxylation is 1. The van der Waals surface area contributed by atoms with Crippen LogP contribution in [-0.4, -0.2) is 32.7 Å². The van der Waals surface area contributed by atoms with Gasteiger partial charge in [0.2, 0.25) is 5.91 Å². The summed E-state index contributed by atoms with van der Waals surface area (Å²) in [6.07, 6.45) is 5.18. The Bertz CT molecular complexity index is 706. The van der Waals surface area contributed by atoms with Gasteiger partial charge in [0.1, 0.15) is 11.6 Å². The van der Waals surface area contributed by atoms with Gasteiger partial charge in [-0.15, -0.1) is 0 Å². The molecule has 7 heteroatoms. The van der Waals surface area contributed by atoms with Crippen LogP contribution in [0.5, 0.6) is 0 Å². The highest BCUT2D eigenvalue weighted by Gasteiger charge is 2.26. The molecular weight excluding hydrogens is 258 g/mol. The lowest BCUT2D eigenvalue weighted by Crippen LogP contribution is -2.26. The molecule has 0 bridgehead atoms. The molecule has 3 heterocycles. The Balaban J connectivity index is 2.28. The van der Waals surface area contributed by atoms with Gasteiger partial charge in [-0.25, -0.2) is 4.98 Å². The normalized spacial score (nSPS) is 15.2. The van der Waals surface area contributed by atoms with Gasteiger partial charge < -0.3 is 5.73 Å². The standard InChI is InChI=1S/C13H15N5O2/c1-2-9-16-12(13(14)20)8-6-15-7-10(18(8)9)17-5-3-4-11(17)19/h6-7H,2-5H2,1H3,(H2,14,20). The van der Waals surface area contributed by atoms with E-state index < -0.39 is 5.91 Å². The number of amides is 2. The van der Waals surface area contributed by atoms with Crippen molar-refractivity contribution < 1.29 is 9.59 Å². The lowest BCUT2D eigenvalue weighted by Gasteiger charge is -2.17. The van der Waals surface area contributed by atoms with Crippen molar-refractivity contribution in [1.82, 2.24) is 14.4 Å². The first-order chi connectivity index (χ1) is 9.63. The van der Waals surface area contributed by atoms with Crippen molar-refractivity contribution in [1.29, 1.82) is 0 Å². The molecule has 1 saturated heterocycles. The van der Waals surface area contributed by atoms with Gasteiger partial charge in [0.25, 0.3) is 5.91 Å². The van der Waals surface area contributed by atoms with Crippen LogP contribution in [0.3, 0.4) is 0 Å². The number of hydrogen-bond donors (Lipinski definition) is 1. The molecule has 104 valence electrons. The predicted octanol–water partition coefficient (Wildman–Crippen LogP) is 0.517. The zero-order valence-electron chi connectivity index (χ0n) is 11.2. The van der Waals surface area contributed by atoms with Crippen LogP contribution in [0.2, 0.25) is 0 Å². The zero-order chi connectivity index (χ0) is 14.3. The lowest BCUT2D eigenvalue weighted by atomic mass is 10.3. The molecule has 0 saturated carbocycles. The second-order valence-corrected chi connectivity index (χ2v) is 4.73. The van der Waals surface area contributed by atoms with Gasteiger partial charge in [-0.05, 0) is 6.42 Å². The fraction of sp³-hybridized carbons (Fsp3) is 0.385. The highest BCUT2D eigenvalue weighted by atomic mass is 16.2. The first-order valence-electron chi connectivity index (χ1n) is 6.59. The molecule has 1 aliphatic rings. The summed E-state index contributed by atoms with van der Waals surface area (Å²) in [4.78, 5) is 33.5. The molecular formula is C13H15N5O2. The SMILES string of the molecule is CCc1nc(C(N)=O)c2cncc(N3CCCC3=O)n12. The van der Waals surface area contributed by atoms with Gasteiger partial charge >= 0.3 is 0 Å². The monoisotopic (exact) mass is 273 g/mol. The molecule has 0 aromatic carbocycles. The highest BCUT2D eigenvalue weighted by molar-refractivity contribution is 5.99. The van der Waals surface area contributed by atoms with Crippen LogP contribution in [0.4, 0.5) is 5.82 Å². The van der Waals surface area contributed by atoms with Gasteiger partial charge in [-0.3, -0.25) is 23.9 Å². The van der Waals surface area contributed by atoms with E-state index in [-0.39, 0.29) is 11.6 Å². The van der Waals surface area contributed by atoms with Crippen LogP contribution in [0.15, 0.2) is 12.4 Å². The first kappa shape index (κ1) is 12.6. The molecule has 3 rings (SSSR count). The second kappa shape index (κ2) is 4.59. The van der Waals surface area contributed by atoms with E-state index in [1.165, 1.54) is 0 Å². The largest absolute Gasteiger partial charge is 0.364 e. The first-order valence-corrected chi connectivity index (χ1v) is 6.59. The number of primary amides is 1. The fourth-order valence-electron chi connectivity index (χ4n) is 2.59. The Hall–Kier alpha value is -2.44. The van der Waals surface area contributed by atoms with Crippen LogP contribution < -0.4 is 10.6 Å². The van der Waals surface area contributed by atoms with Crippen molar-refractivity contribution in [3.05, 3.63) is 23.9 Å². The van der Waals surface area contributed by atoms with Gasteiger partial charge in [0.05, 0.1) is 17.9 Å². The van der Waals surface area contributed by atoms with E-state index in [2.05, 4.69) is 9.97 Å². The van der Waals surface area contributed by atoms with Crippen molar-refractivity contribution in [2.45, 2.75) is 26.2 Å². The number of nitrogens with zero attached hydrogens (tertiary/aromatic N) is 4. The molecule has 2 N–H and O–H groups in total. The summed E-state index contributed by atoms with van der Waals surface area (Å²) >= 11 is 0. The molecule has 0 spiro atoms. The van der Waals surface area contributed by atoms with E-state index >= 15 is 0 Å². The summed E-state index contributed by atoms with van der Waals surface area (Å²) in [6.45, 7) is 2.60. The average Bonchev–Trinajstić information content (AvgIpc) is 3.01. The van der Waals surface area contributed by atoms with Gasteiger partial charge in [0.15, 0.2) is 5.69 Å². The molecule has 1 aliphatic heterocycles. The van der Waals surface area contributed by atoms with Gasteiger partial charge in [0, 0.05) is 19.4 Å². The number of imidazole rings is 1. The van der Waals surface area contributed by atoms with Crippen LogP contribution >= 0.6 is 0 Å². The predicted molar refractivity (Wildman–Crippen MR) is 72.5 cm³/mol.